The highest BCUT2D eigenvalue weighted by atomic mass is 16.5. The first-order valence-electron chi connectivity index (χ1n) is 6.67. The van der Waals surface area contributed by atoms with Gasteiger partial charge in [-0.3, -0.25) is 9.59 Å². The number of amides is 2. The zero-order valence-electron chi connectivity index (χ0n) is 11.8. The highest BCUT2D eigenvalue weighted by Crippen LogP contribution is 2.15. The summed E-state index contributed by atoms with van der Waals surface area (Å²) in [4.78, 5) is 29.3. The molecule has 2 amide bonds. The van der Waals surface area contributed by atoms with Crippen molar-refractivity contribution in [1.29, 1.82) is 0 Å². The van der Waals surface area contributed by atoms with Crippen LogP contribution in [-0.2, 0) is 9.53 Å². The fourth-order valence-electron chi connectivity index (χ4n) is 2.10. The number of anilines is 2. The zero-order chi connectivity index (χ0) is 15.4. The van der Waals surface area contributed by atoms with Gasteiger partial charge >= 0.3 is 0 Å². The molecule has 114 valence electrons. The molecule has 0 aromatic carbocycles. The molecule has 8 heteroatoms. The summed E-state index contributed by atoms with van der Waals surface area (Å²) in [5.41, 5.74) is 11.2. The van der Waals surface area contributed by atoms with Gasteiger partial charge < -0.3 is 26.4 Å². The van der Waals surface area contributed by atoms with Crippen molar-refractivity contribution in [2.75, 3.05) is 37.4 Å². The molecule has 0 saturated carbocycles. The largest absolute Gasteiger partial charge is 0.397 e. The number of nitrogens with zero attached hydrogens (tertiary/aromatic N) is 2. The van der Waals surface area contributed by atoms with Crippen LogP contribution in [0.2, 0.25) is 0 Å². The first-order valence-corrected chi connectivity index (χ1v) is 6.67. The summed E-state index contributed by atoms with van der Waals surface area (Å²) in [5, 5.41) is 2.95. The van der Waals surface area contributed by atoms with E-state index >= 15 is 0 Å². The van der Waals surface area contributed by atoms with Crippen molar-refractivity contribution in [3.63, 3.8) is 0 Å². The van der Waals surface area contributed by atoms with Crippen LogP contribution < -0.4 is 16.8 Å². The van der Waals surface area contributed by atoms with Gasteiger partial charge in [-0.25, -0.2) is 4.98 Å². The van der Waals surface area contributed by atoms with Gasteiger partial charge in [0.05, 0.1) is 30.7 Å². The third kappa shape index (κ3) is 3.60. The Balaban J connectivity index is 2.05. The van der Waals surface area contributed by atoms with E-state index in [0.717, 1.165) is 0 Å². The van der Waals surface area contributed by atoms with Crippen molar-refractivity contribution in [2.24, 2.45) is 5.73 Å². The average Bonchev–Trinajstić information content (AvgIpc) is 2.49. The van der Waals surface area contributed by atoms with Gasteiger partial charge in [-0.15, -0.1) is 0 Å². The molecule has 0 aliphatic carbocycles. The van der Waals surface area contributed by atoms with Crippen molar-refractivity contribution in [2.45, 2.75) is 13.0 Å². The molecule has 2 rings (SSSR count). The van der Waals surface area contributed by atoms with E-state index in [0.29, 0.717) is 32.1 Å². The van der Waals surface area contributed by atoms with Crippen LogP contribution in [0.15, 0.2) is 12.3 Å². The molecule has 1 aliphatic heterocycles. The average molecular weight is 293 g/mol. The Kier molecular flexibility index (Phi) is 4.59. The van der Waals surface area contributed by atoms with E-state index < -0.39 is 11.9 Å². The number of pyridine rings is 1. The van der Waals surface area contributed by atoms with Crippen LogP contribution in [0.4, 0.5) is 11.5 Å². The van der Waals surface area contributed by atoms with Crippen molar-refractivity contribution in [3.8, 4) is 0 Å². The first kappa shape index (κ1) is 15.0. The highest BCUT2D eigenvalue weighted by Gasteiger charge is 2.22. The number of primary amides is 1. The smallest absolute Gasteiger partial charge is 0.250 e. The minimum atomic E-state index is -0.634. The number of nitrogens with two attached hydrogens (primary N) is 2. The molecule has 1 aromatic heterocycles. The normalized spacial score (nSPS) is 16.3. The van der Waals surface area contributed by atoms with Crippen LogP contribution >= 0.6 is 0 Å². The number of nitrogens with one attached hydrogen (secondary N) is 1. The maximum atomic E-state index is 12.3. The number of rotatable bonds is 4. The Hall–Kier alpha value is -2.35. The zero-order valence-corrected chi connectivity index (χ0v) is 11.8. The second-order valence-corrected chi connectivity index (χ2v) is 4.82. The van der Waals surface area contributed by atoms with Gasteiger partial charge in [0.2, 0.25) is 5.91 Å². The Morgan fingerprint density at radius 1 is 1.43 bits per heavy atom. The quantitative estimate of drug-likeness (QED) is 0.682. The number of ether oxygens (including phenoxy) is 1. The van der Waals surface area contributed by atoms with E-state index in [1.165, 1.54) is 12.3 Å². The van der Waals surface area contributed by atoms with E-state index in [9.17, 15) is 9.59 Å². The molecule has 2 heterocycles. The maximum Gasteiger partial charge on any atom is 0.250 e. The van der Waals surface area contributed by atoms with Gasteiger partial charge in [-0.1, -0.05) is 0 Å². The molecular weight excluding hydrogens is 274 g/mol. The van der Waals surface area contributed by atoms with E-state index in [4.69, 9.17) is 16.2 Å². The SMILES string of the molecule is CC(Nc1cc(C(N)=O)c(N)cn1)C(=O)N1CCOCC1. The van der Waals surface area contributed by atoms with Crippen LogP contribution in [0.3, 0.4) is 0 Å². The van der Waals surface area contributed by atoms with E-state index in [2.05, 4.69) is 10.3 Å². The highest BCUT2D eigenvalue weighted by molar-refractivity contribution is 5.98. The van der Waals surface area contributed by atoms with Crippen molar-refractivity contribution >= 4 is 23.3 Å². The number of aromatic nitrogens is 1. The van der Waals surface area contributed by atoms with E-state index in [1.54, 1.807) is 11.8 Å². The van der Waals surface area contributed by atoms with Crippen molar-refractivity contribution in [3.05, 3.63) is 17.8 Å². The van der Waals surface area contributed by atoms with Crippen LogP contribution in [0.25, 0.3) is 0 Å². The van der Waals surface area contributed by atoms with Gasteiger partial charge in [-0.05, 0) is 13.0 Å². The second kappa shape index (κ2) is 6.40. The fraction of sp³-hybridized carbons (Fsp3) is 0.462. The predicted octanol–water partition coefficient (Wildman–Crippen LogP) is -0.578. The molecule has 1 aromatic rings. The number of hydrogen-bond donors (Lipinski definition) is 3. The number of hydrogen-bond acceptors (Lipinski definition) is 6. The lowest BCUT2D eigenvalue weighted by Crippen LogP contribution is -2.47. The monoisotopic (exact) mass is 293 g/mol. The van der Waals surface area contributed by atoms with E-state index in [1.807, 2.05) is 0 Å². The maximum absolute atomic E-state index is 12.3. The summed E-state index contributed by atoms with van der Waals surface area (Å²) in [7, 11) is 0. The van der Waals surface area contributed by atoms with Gasteiger partial charge in [0.15, 0.2) is 0 Å². The predicted molar refractivity (Wildman–Crippen MR) is 77.7 cm³/mol. The first-order chi connectivity index (χ1) is 9.99. The lowest BCUT2D eigenvalue weighted by molar-refractivity contribution is -0.135. The molecule has 0 radical (unpaired) electrons. The Labute approximate surface area is 122 Å². The minimum absolute atomic E-state index is 0.0439. The summed E-state index contributed by atoms with van der Waals surface area (Å²) in [6.07, 6.45) is 1.34. The van der Waals surface area contributed by atoms with Gasteiger partial charge in [0.1, 0.15) is 11.9 Å². The Morgan fingerprint density at radius 3 is 2.71 bits per heavy atom. The lowest BCUT2D eigenvalue weighted by atomic mass is 10.2. The molecular formula is C13H19N5O3. The summed E-state index contributed by atoms with van der Waals surface area (Å²) in [5.74, 6) is -0.297. The Bertz CT molecular complexity index is 543. The molecule has 0 spiro atoms. The molecule has 1 aliphatic rings. The van der Waals surface area contributed by atoms with Gasteiger partial charge in [0, 0.05) is 13.1 Å². The number of morpholine rings is 1. The minimum Gasteiger partial charge on any atom is -0.397 e. The topological polar surface area (TPSA) is 124 Å². The van der Waals surface area contributed by atoms with Crippen LogP contribution in [0.5, 0.6) is 0 Å². The fourth-order valence-corrected chi connectivity index (χ4v) is 2.10. The molecule has 5 N–H and O–H groups in total. The lowest BCUT2D eigenvalue weighted by Gasteiger charge is -2.29. The van der Waals surface area contributed by atoms with Crippen molar-refractivity contribution < 1.29 is 14.3 Å². The number of carbonyl (C=O) groups excluding carboxylic acids is 2. The molecule has 1 fully saturated rings. The molecule has 1 saturated heterocycles. The summed E-state index contributed by atoms with van der Waals surface area (Å²) in [6, 6.07) is 0.973. The third-order valence-electron chi connectivity index (χ3n) is 3.26. The molecule has 1 unspecified atom stereocenters. The van der Waals surface area contributed by atoms with Crippen molar-refractivity contribution in [1.82, 2.24) is 9.88 Å². The summed E-state index contributed by atoms with van der Waals surface area (Å²) < 4.78 is 5.21. The molecule has 0 bridgehead atoms. The third-order valence-corrected chi connectivity index (χ3v) is 3.26. The van der Waals surface area contributed by atoms with E-state index in [-0.39, 0.29) is 17.2 Å². The molecule has 21 heavy (non-hydrogen) atoms. The summed E-state index contributed by atoms with van der Waals surface area (Å²) >= 11 is 0. The second-order valence-electron chi connectivity index (χ2n) is 4.82. The van der Waals surface area contributed by atoms with Crippen LogP contribution in [0.1, 0.15) is 17.3 Å². The standard InChI is InChI=1S/C13H19N5O3/c1-8(13(20)18-2-4-21-5-3-18)17-11-6-9(12(15)19)10(14)7-16-11/h6-8H,2-5,14H2,1H3,(H2,15,19)(H,16,17). The molecule has 1 atom stereocenters. The van der Waals surface area contributed by atoms with Gasteiger partial charge in [-0.2, -0.15) is 0 Å². The number of nitrogen functional groups attached to an aromatic ring is 1. The summed E-state index contributed by atoms with van der Waals surface area (Å²) in [6.45, 7) is 3.98. The van der Waals surface area contributed by atoms with Gasteiger partial charge in [0.25, 0.3) is 5.91 Å². The van der Waals surface area contributed by atoms with Crippen LogP contribution in [0, 0.1) is 0 Å². The Morgan fingerprint density at radius 2 is 2.10 bits per heavy atom. The molecule has 8 nitrogen and oxygen atoms in total. The van der Waals surface area contributed by atoms with Crippen LogP contribution in [-0.4, -0.2) is 54.0 Å². The number of carbonyl (C=O) groups is 2.